The monoisotopic (exact) mass is 522 g/mol. The van der Waals surface area contributed by atoms with E-state index in [0.29, 0.717) is 44.5 Å². The van der Waals surface area contributed by atoms with Gasteiger partial charge < -0.3 is 18.9 Å². The van der Waals surface area contributed by atoms with Gasteiger partial charge in [-0.15, -0.1) is 0 Å². The molecule has 0 saturated carbocycles. The van der Waals surface area contributed by atoms with E-state index in [0.717, 1.165) is 11.1 Å². The fourth-order valence-electron chi connectivity index (χ4n) is 4.18. The van der Waals surface area contributed by atoms with Crippen molar-refractivity contribution in [2.75, 3.05) is 20.8 Å². The number of aromatic nitrogens is 1. The molecule has 2 aromatic carbocycles. The number of hydrogen-bond donors (Lipinski definition) is 0. The Morgan fingerprint density at radius 2 is 1.81 bits per heavy atom. The molecule has 37 heavy (non-hydrogen) atoms. The highest BCUT2D eigenvalue weighted by molar-refractivity contribution is 7.07. The van der Waals surface area contributed by atoms with Gasteiger partial charge in [-0.25, -0.2) is 9.79 Å². The number of allylic oxidation sites excluding steroid dienone is 1. The second-order valence-electron chi connectivity index (χ2n) is 8.65. The number of esters is 1. The summed E-state index contributed by atoms with van der Waals surface area (Å²) in [6.07, 6.45) is 1.47. The molecule has 4 rings (SSSR count). The topological polar surface area (TPSA) is 88.4 Å². The van der Waals surface area contributed by atoms with Crippen LogP contribution in [0.25, 0.3) is 6.08 Å². The molecule has 1 unspecified atom stereocenters. The fraction of sp³-hybridized carbons (Fsp3) is 0.321. The molecule has 1 aliphatic rings. The third-order valence-electron chi connectivity index (χ3n) is 5.80. The molecule has 0 spiro atoms. The summed E-state index contributed by atoms with van der Waals surface area (Å²) in [5.74, 6) is 1.37. The fourth-order valence-corrected chi connectivity index (χ4v) is 5.23. The van der Waals surface area contributed by atoms with E-state index in [1.165, 1.54) is 11.3 Å². The molecule has 9 heteroatoms. The molecule has 2 heterocycles. The van der Waals surface area contributed by atoms with Gasteiger partial charge >= 0.3 is 5.97 Å². The maximum absolute atomic E-state index is 13.8. The van der Waals surface area contributed by atoms with Crippen LogP contribution in [0.3, 0.4) is 0 Å². The van der Waals surface area contributed by atoms with Crippen LogP contribution in [-0.2, 0) is 9.53 Å². The Hall–Kier alpha value is -3.85. The highest BCUT2D eigenvalue weighted by Gasteiger charge is 2.33. The Morgan fingerprint density at radius 3 is 2.43 bits per heavy atom. The van der Waals surface area contributed by atoms with Crippen LogP contribution in [0.2, 0.25) is 0 Å². The Kier molecular flexibility index (Phi) is 7.83. The minimum Gasteiger partial charge on any atom is -0.494 e. The summed E-state index contributed by atoms with van der Waals surface area (Å²) in [6.45, 7) is 7.80. The number of carbonyl (C=O) groups is 1. The van der Waals surface area contributed by atoms with Gasteiger partial charge in [0.25, 0.3) is 5.56 Å². The van der Waals surface area contributed by atoms with E-state index in [1.807, 2.05) is 37.3 Å². The van der Waals surface area contributed by atoms with E-state index in [-0.39, 0.29) is 11.7 Å². The van der Waals surface area contributed by atoms with Crippen molar-refractivity contribution in [1.29, 1.82) is 0 Å². The molecular formula is C28H30N2O6S. The second kappa shape index (κ2) is 11.0. The van der Waals surface area contributed by atoms with Gasteiger partial charge in [0.1, 0.15) is 5.75 Å². The van der Waals surface area contributed by atoms with Crippen molar-refractivity contribution in [1.82, 2.24) is 4.57 Å². The van der Waals surface area contributed by atoms with Crippen molar-refractivity contribution >= 4 is 23.4 Å². The molecule has 0 amide bonds. The van der Waals surface area contributed by atoms with Crippen LogP contribution in [0.4, 0.5) is 0 Å². The smallest absolute Gasteiger partial charge is 0.338 e. The van der Waals surface area contributed by atoms with Gasteiger partial charge in [-0.1, -0.05) is 29.5 Å². The number of hydrogen-bond acceptors (Lipinski definition) is 8. The van der Waals surface area contributed by atoms with Crippen LogP contribution in [0, 0.1) is 0 Å². The van der Waals surface area contributed by atoms with Gasteiger partial charge in [0, 0.05) is 0 Å². The standard InChI is InChI=1S/C28H30N2O6S/c1-7-35-20-11-9-19(10-12-20)25-24(27(32)36-16(2)3)17(4)29-28-30(25)26(31)23(37-28)15-18-8-13-21(33-5)22(14-18)34-6/h8-16,25H,7H2,1-6H3. The van der Waals surface area contributed by atoms with E-state index in [9.17, 15) is 9.59 Å². The SMILES string of the molecule is CCOc1ccc(C2C(C(=O)OC(C)C)=C(C)N=c3sc(=Cc4ccc(OC)c(OC)c4)c(=O)n32)cc1. The summed E-state index contributed by atoms with van der Waals surface area (Å²) < 4.78 is 23.9. The van der Waals surface area contributed by atoms with Gasteiger partial charge in [-0.2, -0.15) is 0 Å². The number of methoxy groups -OCH3 is 2. The quantitative estimate of drug-likeness (QED) is 0.420. The molecule has 0 bridgehead atoms. The van der Waals surface area contributed by atoms with E-state index >= 15 is 0 Å². The minimum atomic E-state index is -0.689. The normalized spacial score (nSPS) is 15.3. The molecule has 0 saturated heterocycles. The largest absolute Gasteiger partial charge is 0.494 e. The second-order valence-corrected chi connectivity index (χ2v) is 9.66. The molecule has 8 nitrogen and oxygen atoms in total. The maximum Gasteiger partial charge on any atom is 0.338 e. The van der Waals surface area contributed by atoms with Crippen molar-refractivity contribution in [3.05, 3.63) is 84.5 Å². The van der Waals surface area contributed by atoms with Gasteiger partial charge in [-0.05, 0) is 69.2 Å². The molecule has 1 aliphatic heterocycles. The van der Waals surface area contributed by atoms with Gasteiger partial charge in [0.05, 0.1) is 48.8 Å². The number of nitrogens with zero attached hydrogens (tertiary/aromatic N) is 2. The third kappa shape index (κ3) is 5.32. The third-order valence-corrected chi connectivity index (χ3v) is 6.78. The summed E-state index contributed by atoms with van der Waals surface area (Å²) in [5.41, 5.74) is 2.13. The number of rotatable bonds is 8. The van der Waals surface area contributed by atoms with Crippen LogP contribution < -0.4 is 29.1 Å². The Morgan fingerprint density at radius 1 is 1.11 bits per heavy atom. The zero-order valence-corrected chi connectivity index (χ0v) is 22.5. The molecule has 0 aliphatic carbocycles. The maximum atomic E-state index is 13.8. The van der Waals surface area contributed by atoms with Crippen LogP contribution in [-0.4, -0.2) is 37.5 Å². The highest BCUT2D eigenvalue weighted by Crippen LogP contribution is 2.32. The number of carbonyl (C=O) groups excluding carboxylic acids is 1. The Balaban J connectivity index is 1.89. The van der Waals surface area contributed by atoms with Crippen molar-refractivity contribution in [3.8, 4) is 17.2 Å². The predicted molar refractivity (Wildman–Crippen MR) is 142 cm³/mol. The van der Waals surface area contributed by atoms with Gasteiger partial charge in [0.2, 0.25) is 0 Å². The zero-order valence-electron chi connectivity index (χ0n) is 21.7. The average Bonchev–Trinajstić information content (AvgIpc) is 3.17. The molecule has 0 radical (unpaired) electrons. The predicted octanol–water partition coefficient (Wildman–Crippen LogP) is 3.60. The summed E-state index contributed by atoms with van der Waals surface area (Å²) in [7, 11) is 3.13. The lowest BCUT2D eigenvalue weighted by atomic mass is 9.96. The highest BCUT2D eigenvalue weighted by atomic mass is 32.1. The molecule has 1 atom stereocenters. The van der Waals surface area contributed by atoms with Crippen LogP contribution in [0.15, 0.2) is 63.5 Å². The minimum absolute atomic E-state index is 0.250. The lowest BCUT2D eigenvalue weighted by Gasteiger charge is -2.25. The molecular weight excluding hydrogens is 492 g/mol. The average molecular weight is 523 g/mol. The Bertz CT molecular complexity index is 1520. The summed E-state index contributed by atoms with van der Waals surface area (Å²) >= 11 is 1.27. The summed E-state index contributed by atoms with van der Waals surface area (Å²) in [6, 6.07) is 12.1. The first-order valence-corrected chi connectivity index (χ1v) is 12.8. The molecule has 0 N–H and O–H groups in total. The van der Waals surface area contributed by atoms with Crippen LogP contribution in [0.5, 0.6) is 17.2 Å². The van der Waals surface area contributed by atoms with Crippen LogP contribution >= 0.6 is 11.3 Å². The van der Waals surface area contributed by atoms with E-state index in [1.54, 1.807) is 57.8 Å². The lowest BCUT2D eigenvalue weighted by molar-refractivity contribution is -0.143. The van der Waals surface area contributed by atoms with Crippen molar-refractivity contribution in [2.24, 2.45) is 4.99 Å². The van der Waals surface area contributed by atoms with E-state index < -0.39 is 12.0 Å². The lowest BCUT2D eigenvalue weighted by Crippen LogP contribution is -2.40. The first kappa shape index (κ1) is 26.2. The Labute approximate surface area is 219 Å². The van der Waals surface area contributed by atoms with E-state index in [4.69, 9.17) is 18.9 Å². The molecule has 194 valence electrons. The molecule has 1 aromatic heterocycles. The first-order chi connectivity index (χ1) is 17.8. The number of benzene rings is 2. The van der Waals surface area contributed by atoms with E-state index in [2.05, 4.69) is 4.99 Å². The zero-order chi connectivity index (χ0) is 26.7. The summed E-state index contributed by atoms with van der Waals surface area (Å²) in [5, 5.41) is 0. The molecule has 3 aromatic rings. The summed E-state index contributed by atoms with van der Waals surface area (Å²) in [4.78, 5) is 32.1. The first-order valence-electron chi connectivity index (χ1n) is 12.0. The molecule has 0 fully saturated rings. The van der Waals surface area contributed by atoms with Crippen LogP contribution in [0.1, 0.15) is 44.9 Å². The number of ether oxygens (including phenoxy) is 4. The van der Waals surface area contributed by atoms with Crippen molar-refractivity contribution in [2.45, 2.75) is 39.8 Å². The van der Waals surface area contributed by atoms with Gasteiger partial charge in [0.15, 0.2) is 16.3 Å². The van der Waals surface area contributed by atoms with Gasteiger partial charge in [-0.3, -0.25) is 9.36 Å². The van der Waals surface area contributed by atoms with Crippen molar-refractivity contribution in [3.63, 3.8) is 0 Å². The number of fused-ring (bicyclic) bond motifs is 1. The number of thiazole rings is 1. The van der Waals surface area contributed by atoms with Crippen molar-refractivity contribution < 1.29 is 23.7 Å².